The number of amides is 1. The van der Waals surface area contributed by atoms with Gasteiger partial charge in [-0.3, -0.25) is 4.79 Å². The Bertz CT molecular complexity index is 225. The maximum atomic E-state index is 11.3. The lowest BCUT2D eigenvalue weighted by Gasteiger charge is -2.21. The highest BCUT2D eigenvalue weighted by Gasteiger charge is 2.14. The normalized spacial score (nSPS) is 22.2. The van der Waals surface area contributed by atoms with Gasteiger partial charge in [-0.1, -0.05) is 12.8 Å². The van der Waals surface area contributed by atoms with E-state index in [9.17, 15) is 4.79 Å². The first-order valence-electron chi connectivity index (χ1n) is 7.45. The number of hydrogen-bond acceptors (Lipinski definition) is 3. The molecule has 0 saturated carbocycles. The predicted molar refractivity (Wildman–Crippen MR) is 75.6 cm³/mol. The Morgan fingerprint density at radius 2 is 2.22 bits per heavy atom. The van der Waals surface area contributed by atoms with Gasteiger partial charge in [-0.25, -0.2) is 0 Å². The van der Waals surface area contributed by atoms with Gasteiger partial charge in [-0.15, -0.1) is 0 Å². The third-order valence-corrected chi connectivity index (χ3v) is 3.52. The van der Waals surface area contributed by atoms with Gasteiger partial charge < -0.3 is 16.0 Å². The monoisotopic (exact) mass is 255 g/mol. The largest absolute Gasteiger partial charge is 0.356 e. The molecule has 0 aromatic heterocycles. The third-order valence-electron chi connectivity index (χ3n) is 3.52. The zero-order chi connectivity index (χ0) is 13.2. The smallest absolute Gasteiger partial charge is 0.221 e. The molecule has 2 atom stereocenters. The first-order chi connectivity index (χ1) is 8.72. The maximum absolute atomic E-state index is 11.3. The van der Waals surface area contributed by atoms with E-state index in [2.05, 4.69) is 22.9 Å². The van der Waals surface area contributed by atoms with Crippen molar-refractivity contribution in [2.75, 3.05) is 19.6 Å². The Morgan fingerprint density at radius 3 is 3.00 bits per heavy atom. The van der Waals surface area contributed by atoms with E-state index in [1.165, 1.54) is 25.7 Å². The van der Waals surface area contributed by atoms with Crippen LogP contribution in [0.1, 0.15) is 52.4 Å². The summed E-state index contributed by atoms with van der Waals surface area (Å²) in [7, 11) is 0. The molecule has 0 radical (unpaired) electrons. The molecule has 3 N–H and O–H groups in total. The fraction of sp³-hybridized carbons (Fsp3) is 0.929. The number of rotatable bonds is 7. The van der Waals surface area contributed by atoms with Crippen molar-refractivity contribution < 1.29 is 4.79 Å². The lowest BCUT2D eigenvalue weighted by molar-refractivity contribution is -0.120. The molecule has 1 amide bonds. The Morgan fingerprint density at radius 1 is 1.39 bits per heavy atom. The Hall–Kier alpha value is -0.610. The van der Waals surface area contributed by atoms with Crippen molar-refractivity contribution in [3.05, 3.63) is 0 Å². The van der Waals surface area contributed by atoms with Gasteiger partial charge in [0.15, 0.2) is 0 Å². The lowest BCUT2D eigenvalue weighted by Crippen LogP contribution is -2.38. The van der Waals surface area contributed by atoms with Crippen molar-refractivity contribution in [3.8, 4) is 0 Å². The quantitative estimate of drug-likeness (QED) is 0.645. The van der Waals surface area contributed by atoms with E-state index >= 15 is 0 Å². The van der Waals surface area contributed by atoms with Crippen molar-refractivity contribution in [2.45, 2.75) is 64.5 Å². The zero-order valence-electron chi connectivity index (χ0n) is 11.9. The van der Waals surface area contributed by atoms with Crippen molar-refractivity contribution in [1.82, 2.24) is 16.0 Å². The minimum atomic E-state index is 0.143. The van der Waals surface area contributed by atoms with E-state index in [0.29, 0.717) is 18.5 Å². The van der Waals surface area contributed by atoms with Crippen LogP contribution in [-0.2, 0) is 4.79 Å². The van der Waals surface area contributed by atoms with Crippen LogP contribution in [0, 0.1) is 0 Å². The van der Waals surface area contributed by atoms with E-state index in [1.54, 1.807) is 0 Å². The van der Waals surface area contributed by atoms with Crippen LogP contribution in [0.3, 0.4) is 0 Å². The molecule has 0 aliphatic carbocycles. The molecular weight excluding hydrogens is 226 g/mol. The molecule has 0 aromatic rings. The summed E-state index contributed by atoms with van der Waals surface area (Å²) in [6.45, 7) is 6.83. The fourth-order valence-electron chi connectivity index (χ4n) is 2.53. The van der Waals surface area contributed by atoms with Gasteiger partial charge in [0.05, 0.1) is 0 Å². The summed E-state index contributed by atoms with van der Waals surface area (Å²) in [6, 6.07) is 1.13. The van der Waals surface area contributed by atoms with Gasteiger partial charge in [-0.05, 0) is 39.7 Å². The van der Waals surface area contributed by atoms with Crippen LogP contribution in [0.5, 0.6) is 0 Å². The lowest BCUT2D eigenvalue weighted by atomic mass is 10.0. The molecule has 0 spiro atoms. The van der Waals surface area contributed by atoms with E-state index in [1.807, 2.05) is 6.92 Å². The topological polar surface area (TPSA) is 53.2 Å². The number of nitrogens with one attached hydrogen (secondary N) is 3. The van der Waals surface area contributed by atoms with Crippen molar-refractivity contribution >= 4 is 5.91 Å². The molecule has 1 saturated heterocycles. The van der Waals surface area contributed by atoms with Gasteiger partial charge in [0.1, 0.15) is 0 Å². The SMILES string of the molecule is CCNC(=O)CCNC(C)CC1CCCCCN1. The standard InChI is InChI=1S/C14H29N3O/c1-3-15-14(18)8-10-16-12(2)11-13-7-5-4-6-9-17-13/h12-13,16-17H,3-11H2,1-2H3,(H,15,18). The average molecular weight is 255 g/mol. The van der Waals surface area contributed by atoms with Crippen molar-refractivity contribution in [3.63, 3.8) is 0 Å². The van der Waals surface area contributed by atoms with Gasteiger partial charge >= 0.3 is 0 Å². The molecule has 4 nitrogen and oxygen atoms in total. The molecular formula is C14H29N3O. The molecule has 4 heteroatoms. The van der Waals surface area contributed by atoms with Gasteiger partial charge in [0.25, 0.3) is 0 Å². The maximum Gasteiger partial charge on any atom is 0.221 e. The average Bonchev–Trinajstić information content (AvgIpc) is 2.58. The van der Waals surface area contributed by atoms with Crippen LogP contribution < -0.4 is 16.0 Å². The van der Waals surface area contributed by atoms with Gasteiger partial charge in [-0.2, -0.15) is 0 Å². The Kier molecular flexibility index (Phi) is 8.01. The molecule has 1 rings (SSSR count). The second-order valence-corrected chi connectivity index (χ2v) is 5.29. The number of hydrogen-bond donors (Lipinski definition) is 3. The number of carbonyl (C=O) groups excluding carboxylic acids is 1. The summed E-state index contributed by atoms with van der Waals surface area (Å²) in [6.07, 6.45) is 7.06. The first-order valence-corrected chi connectivity index (χ1v) is 7.45. The Labute approximate surface area is 111 Å². The highest BCUT2D eigenvalue weighted by molar-refractivity contribution is 5.75. The van der Waals surface area contributed by atoms with Gasteiger partial charge in [0.2, 0.25) is 5.91 Å². The van der Waals surface area contributed by atoms with E-state index in [4.69, 9.17) is 0 Å². The van der Waals surface area contributed by atoms with Crippen LogP contribution >= 0.6 is 0 Å². The molecule has 18 heavy (non-hydrogen) atoms. The minimum absolute atomic E-state index is 0.143. The molecule has 0 bridgehead atoms. The predicted octanol–water partition coefficient (Wildman–Crippen LogP) is 1.41. The zero-order valence-corrected chi connectivity index (χ0v) is 11.9. The van der Waals surface area contributed by atoms with Crippen LogP contribution in [0.15, 0.2) is 0 Å². The van der Waals surface area contributed by atoms with Crippen molar-refractivity contribution in [2.24, 2.45) is 0 Å². The van der Waals surface area contributed by atoms with Gasteiger partial charge in [0, 0.05) is 31.6 Å². The van der Waals surface area contributed by atoms with E-state index < -0.39 is 0 Å². The molecule has 2 unspecified atom stereocenters. The molecule has 1 aliphatic rings. The fourth-order valence-corrected chi connectivity index (χ4v) is 2.53. The van der Waals surface area contributed by atoms with Crippen LogP contribution in [-0.4, -0.2) is 37.6 Å². The van der Waals surface area contributed by atoms with Crippen molar-refractivity contribution in [1.29, 1.82) is 0 Å². The van der Waals surface area contributed by atoms with E-state index in [0.717, 1.165) is 26.1 Å². The van der Waals surface area contributed by atoms with Crippen LogP contribution in [0.2, 0.25) is 0 Å². The molecule has 106 valence electrons. The molecule has 1 aliphatic heterocycles. The Balaban J connectivity index is 2.08. The summed E-state index contributed by atoms with van der Waals surface area (Å²) in [5.74, 6) is 0.143. The molecule has 1 heterocycles. The summed E-state index contributed by atoms with van der Waals surface area (Å²) in [5, 5.41) is 9.87. The number of carbonyl (C=O) groups is 1. The summed E-state index contributed by atoms with van der Waals surface area (Å²) >= 11 is 0. The third kappa shape index (κ3) is 6.97. The molecule has 1 fully saturated rings. The minimum Gasteiger partial charge on any atom is -0.356 e. The van der Waals surface area contributed by atoms with E-state index in [-0.39, 0.29) is 5.91 Å². The molecule has 0 aromatic carbocycles. The summed E-state index contributed by atoms with van der Waals surface area (Å²) in [5.41, 5.74) is 0. The van der Waals surface area contributed by atoms with Crippen LogP contribution in [0.25, 0.3) is 0 Å². The second kappa shape index (κ2) is 9.34. The highest BCUT2D eigenvalue weighted by atomic mass is 16.1. The highest BCUT2D eigenvalue weighted by Crippen LogP contribution is 2.12. The second-order valence-electron chi connectivity index (χ2n) is 5.29. The summed E-state index contributed by atoms with van der Waals surface area (Å²) < 4.78 is 0. The van der Waals surface area contributed by atoms with Crippen LogP contribution in [0.4, 0.5) is 0 Å². The first kappa shape index (κ1) is 15.4. The summed E-state index contributed by atoms with van der Waals surface area (Å²) in [4.78, 5) is 11.3.